The Labute approximate surface area is 218 Å². The number of hydrogen-bond acceptors (Lipinski definition) is 6. The molecule has 3 fully saturated rings. The molecule has 0 radical (unpaired) electrons. The molecule has 9 nitrogen and oxygen atoms in total. The number of anilines is 1. The second-order valence-corrected chi connectivity index (χ2v) is 10.8. The zero-order valence-corrected chi connectivity index (χ0v) is 22.1. The minimum atomic E-state index is -1.27. The fraction of sp³-hybridized carbons (Fsp3) is 0.607. The molecule has 3 saturated heterocycles. The Kier molecular flexibility index (Phi) is 7.41. The van der Waals surface area contributed by atoms with Crippen LogP contribution in [-0.2, 0) is 19.1 Å². The molecule has 202 valence electrons. The van der Waals surface area contributed by atoms with Crippen molar-refractivity contribution >= 4 is 23.5 Å². The number of carboxylic acids is 1. The van der Waals surface area contributed by atoms with E-state index in [1.165, 1.54) is 4.90 Å². The summed E-state index contributed by atoms with van der Waals surface area (Å²) in [4.78, 5) is 44.1. The summed E-state index contributed by atoms with van der Waals surface area (Å²) in [6, 6.07) is 5.30. The Balaban J connectivity index is 1.85. The summed E-state index contributed by atoms with van der Waals surface area (Å²) < 4.78 is 11.9. The summed E-state index contributed by atoms with van der Waals surface area (Å²) in [5, 5.41) is 20.6. The third-order valence-electron chi connectivity index (χ3n) is 8.43. The van der Waals surface area contributed by atoms with Gasteiger partial charge in [-0.15, -0.1) is 6.58 Å². The fourth-order valence-electron chi connectivity index (χ4n) is 6.89. The number of ether oxygens (including phenoxy) is 2. The molecule has 2 bridgehead atoms. The minimum absolute atomic E-state index is 0.138. The van der Waals surface area contributed by atoms with E-state index in [1.54, 1.807) is 42.4 Å². The normalized spacial score (nSPS) is 30.9. The van der Waals surface area contributed by atoms with Gasteiger partial charge in [-0.25, -0.2) is 0 Å². The Morgan fingerprint density at radius 1 is 1.30 bits per heavy atom. The van der Waals surface area contributed by atoms with E-state index in [4.69, 9.17) is 9.47 Å². The Morgan fingerprint density at radius 2 is 1.97 bits per heavy atom. The van der Waals surface area contributed by atoms with Crippen LogP contribution in [-0.4, -0.2) is 76.4 Å². The number of nitrogens with zero attached hydrogens (tertiary/aromatic N) is 2. The number of fused-ring (bicyclic) bond motifs is 1. The molecule has 9 heteroatoms. The number of methoxy groups -OCH3 is 1. The monoisotopic (exact) mass is 514 g/mol. The number of likely N-dealkylation sites (tertiary alicyclic amines) is 1. The molecule has 0 aliphatic carbocycles. The van der Waals surface area contributed by atoms with Crippen LogP contribution in [0.25, 0.3) is 0 Å². The van der Waals surface area contributed by atoms with Gasteiger partial charge in [-0.3, -0.25) is 14.4 Å². The van der Waals surface area contributed by atoms with Crippen molar-refractivity contribution in [2.45, 2.75) is 69.7 Å². The van der Waals surface area contributed by atoms with Crippen molar-refractivity contribution in [2.75, 3.05) is 25.2 Å². The van der Waals surface area contributed by atoms with Gasteiger partial charge in [-0.1, -0.05) is 26.8 Å². The van der Waals surface area contributed by atoms with Gasteiger partial charge < -0.3 is 29.5 Å². The number of carbonyl (C=O) groups excluding carboxylic acids is 2. The first-order chi connectivity index (χ1) is 17.6. The van der Waals surface area contributed by atoms with Crippen LogP contribution in [0.2, 0.25) is 0 Å². The molecule has 1 aromatic carbocycles. The third kappa shape index (κ3) is 4.12. The average Bonchev–Trinajstić information content (AvgIpc) is 3.49. The van der Waals surface area contributed by atoms with E-state index in [-0.39, 0.29) is 25.0 Å². The molecule has 1 aromatic rings. The minimum Gasteiger partial charge on any atom is -0.497 e. The van der Waals surface area contributed by atoms with Crippen LogP contribution in [0, 0.1) is 17.8 Å². The molecule has 4 rings (SSSR count). The molecular weight excluding hydrogens is 476 g/mol. The molecule has 37 heavy (non-hydrogen) atoms. The predicted octanol–water partition coefficient (Wildman–Crippen LogP) is 2.86. The zero-order chi connectivity index (χ0) is 27.1. The van der Waals surface area contributed by atoms with Gasteiger partial charge in [0.15, 0.2) is 0 Å². The number of aliphatic hydroxyl groups is 1. The van der Waals surface area contributed by atoms with Crippen molar-refractivity contribution in [1.29, 1.82) is 0 Å². The second-order valence-electron chi connectivity index (χ2n) is 10.8. The summed E-state index contributed by atoms with van der Waals surface area (Å²) >= 11 is 0. The van der Waals surface area contributed by atoms with Crippen LogP contribution in [0.15, 0.2) is 36.9 Å². The number of carbonyl (C=O) groups is 3. The highest BCUT2D eigenvalue weighted by atomic mass is 16.5. The van der Waals surface area contributed by atoms with Crippen molar-refractivity contribution in [2.24, 2.45) is 17.8 Å². The summed E-state index contributed by atoms with van der Waals surface area (Å²) in [5.41, 5.74) is -1.67. The third-order valence-corrected chi connectivity index (χ3v) is 8.43. The van der Waals surface area contributed by atoms with Crippen molar-refractivity contribution in [3.63, 3.8) is 0 Å². The molecule has 3 aliphatic rings. The van der Waals surface area contributed by atoms with E-state index in [0.717, 1.165) is 0 Å². The second kappa shape index (κ2) is 10.1. The maximum Gasteiger partial charge on any atom is 0.310 e. The number of amides is 2. The number of benzene rings is 1. The van der Waals surface area contributed by atoms with Crippen LogP contribution in [0.3, 0.4) is 0 Å². The number of rotatable bonds is 11. The van der Waals surface area contributed by atoms with Crippen LogP contribution in [0.1, 0.15) is 46.5 Å². The SMILES string of the molecule is C=CCN(C(=O)C1N([C@@H](CO)CC(C)C)C(=O)[C@@H]2[C@H](C(=O)O)[C@]3(CC)CCC12O3)c1ccc(OC)cc1. The molecule has 1 spiro atoms. The van der Waals surface area contributed by atoms with Gasteiger partial charge in [0.05, 0.1) is 31.3 Å². The lowest BCUT2D eigenvalue weighted by Crippen LogP contribution is -2.59. The summed E-state index contributed by atoms with van der Waals surface area (Å²) in [6.45, 7) is 9.49. The average molecular weight is 515 g/mol. The summed E-state index contributed by atoms with van der Waals surface area (Å²) in [7, 11) is 1.56. The van der Waals surface area contributed by atoms with E-state index in [1.807, 2.05) is 20.8 Å². The van der Waals surface area contributed by atoms with E-state index >= 15 is 0 Å². The maximum absolute atomic E-state index is 14.5. The van der Waals surface area contributed by atoms with E-state index in [0.29, 0.717) is 37.1 Å². The van der Waals surface area contributed by atoms with E-state index < -0.39 is 47.0 Å². The lowest BCUT2D eigenvalue weighted by molar-refractivity contribution is -0.157. The van der Waals surface area contributed by atoms with E-state index in [9.17, 15) is 24.6 Å². The van der Waals surface area contributed by atoms with Crippen molar-refractivity contribution in [3.8, 4) is 5.75 Å². The highest BCUT2D eigenvalue weighted by Gasteiger charge is 2.79. The molecule has 3 aliphatic heterocycles. The molecule has 6 atom stereocenters. The number of aliphatic carboxylic acids is 1. The smallest absolute Gasteiger partial charge is 0.310 e. The van der Waals surface area contributed by atoms with Crippen LogP contribution in [0.4, 0.5) is 5.69 Å². The van der Waals surface area contributed by atoms with Gasteiger partial charge in [0.25, 0.3) is 5.91 Å². The predicted molar refractivity (Wildman–Crippen MR) is 137 cm³/mol. The molecule has 2 amide bonds. The van der Waals surface area contributed by atoms with Crippen molar-refractivity contribution in [1.82, 2.24) is 4.90 Å². The zero-order valence-electron chi connectivity index (χ0n) is 22.1. The standard InChI is InChI=1S/C28H38N2O7/c1-6-14-29(18-8-10-20(36-5)11-9-18)25(33)23-28-13-12-27(7-2,37-28)22(26(34)35)21(28)24(32)30(23)19(16-31)15-17(3)4/h6,8-11,17,19,21-23,31H,1,7,12-16H2,2-5H3,(H,34,35)/t19-,21+,22-,23?,27+,28?/m1/s1. The Hall–Kier alpha value is -2.91. The topological polar surface area (TPSA) is 117 Å². The van der Waals surface area contributed by atoms with Gasteiger partial charge >= 0.3 is 5.97 Å². The summed E-state index contributed by atoms with van der Waals surface area (Å²) in [5.74, 6) is -3.15. The van der Waals surface area contributed by atoms with Gasteiger partial charge in [0, 0.05) is 12.2 Å². The molecular formula is C28H38N2O7. The van der Waals surface area contributed by atoms with Gasteiger partial charge in [0.2, 0.25) is 5.91 Å². The highest BCUT2D eigenvalue weighted by Crippen LogP contribution is 2.64. The number of hydrogen-bond donors (Lipinski definition) is 2. The van der Waals surface area contributed by atoms with Gasteiger partial charge in [0.1, 0.15) is 23.3 Å². The summed E-state index contributed by atoms with van der Waals surface area (Å²) in [6.07, 6.45) is 3.37. The largest absolute Gasteiger partial charge is 0.497 e. The van der Waals surface area contributed by atoms with Crippen LogP contribution >= 0.6 is 0 Å². The Bertz CT molecular complexity index is 1060. The van der Waals surface area contributed by atoms with Gasteiger partial charge in [-0.2, -0.15) is 0 Å². The molecule has 0 saturated carbocycles. The van der Waals surface area contributed by atoms with Crippen molar-refractivity contribution in [3.05, 3.63) is 36.9 Å². The first-order valence-corrected chi connectivity index (χ1v) is 13.0. The van der Waals surface area contributed by atoms with E-state index in [2.05, 4.69) is 6.58 Å². The fourth-order valence-corrected chi connectivity index (χ4v) is 6.89. The number of carboxylic acid groups (broad SMARTS) is 1. The van der Waals surface area contributed by atoms with Crippen molar-refractivity contribution < 1.29 is 34.1 Å². The molecule has 3 heterocycles. The number of aliphatic hydroxyl groups excluding tert-OH is 1. The van der Waals surface area contributed by atoms with Gasteiger partial charge in [-0.05, 0) is 55.9 Å². The molecule has 2 N–H and O–H groups in total. The Morgan fingerprint density at radius 3 is 2.49 bits per heavy atom. The van der Waals surface area contributed by atoms with Crippen LogP contribution < -0.4 is 9.64 Å². The first kappa shape index (κ1) is 27.1. The van der Waals surface area contributed by atoms with Crippen LogP contribution in [0.5, 0.6) is 5.75 Å². The highest BCUT2D eigenvalue weighted by molar-refractivity contribution is 6.05. The maximum atomic E-state index is 14.5. The molecule has 0 aromatic heterocycles. The lowest BCUT2D eigenvalue weighted by atomic mass is 9.65. The molecule has 2 unspecified atom stereocenters. The quantitative estimate of drug-likeness (QED) is 0.436. The first-order valence-electron chi connectivity index (χ1n) is 13.0. The lowest BCUT2D eigenvalue weighted by Gasteiger charge is -2.40.